The molecule has 1 unspecified atom stereocenters. The Morgan fingerprint density at radius 3 is 2.96 bits per heavy atom. The lowest BCUT2D eigenvalue weighted by Gasteiger charge is -2.36. The van der Waals surface area contributed by atoms with E-state index >= 15 is 0 Å². The van der Waals surface area contributed by atoms with Crippen molar-refractivity contribution in [1.82, 2.24) is 14.7 Å². The number of pyridine rings is 1. The number of anilines is 1. The molecule has 0 saturated carbocycles. The standard InChI is InChI=1S/C20H19N5O3/c1-12-9-17(24-8-7-22-20(27)16(24)10-18(26)28-2)25-15-6-4-3-5-14(15)23-19(25)13(12)11-21/h3-6,9,16H,7-8,10H2,1-2H3,(H,22,27). The second kappa shape index (κ2) is 6.85. The SMILES string of the molecule is COC(=O)CC1C(=O)NCCN1c1cc(C)c(C#N)c2nc3ccccc3n12. The van der Waals surface area contributed by atoms with E-state index < -0.39 is 12.0 Å². The molecule has 142 valence electrons. The molecule has 0 bridgehead atoms. The molecule has 1 atom stereocenters. The molecular formula is C20H19N5O3. The number of methoxy groups -OCH3 is 1. The largest absolute Gasteiger partial charge is 0.469 e. The third-order valence-corrected chi connectivity index (χ3v) is 5.08. The molecule has 1 amide bonds. The van der Waals surface area contributed by atoms with E-state index in [0.29, 0.717) is 24.3 Å². The quantitative estimate of drug-likeness (QED) is 0.695. The van der Waals surface area contributed by atoms with E-state index in [2.05, 4.69) is 16.4 Å². The Kier molecular flexibility index (Phi) is 4.35. The summed E-state index contributed by atoms with van der Waals surface area (Å²) in [5.41, 5.74) is 3.40. The Morgan fingerprint density at radius 1 is 1.43 bits per heavy atom. The number of nitrogens with one attached hydrogen (secondary N) is 1. The van der Waals surface area contributed by atoms with Crippen molar-refractivity contribution in [2.75, 3.05) is 25.1 Å². The number of hydrogen-bond acceptors (Lipinski definition) is 6. The van der Waals surface area contributed by atoms with Gasteiger partial charge in [0.2, 0.25) is 5.91 Å². The number of fused-ring (bicyclic) bond motifs is 3. The van der Waals surface area contributed by atoms with Crippen LogP contribution in [0.5, 0.6) is 0 Å². The van der Waals surface area contributed by atoms with Crippen LogP contribution in [-0.2, 0) is 14.3 Å². The third kappa shape index (κ3) is 2.72. The molecule has 2 aromatic heterocycles. The smallest absolute Gasteiger partial charge is 0.308 e. The maximum atomic E-state index is 12.5. The van der Waals surface area contributed by atoms with E-state index in [0.717, 1.165) is 22.4 Å². The van der Waals surface area contributed by atoms with Crippen LogP contribution in [0.25, 0.3) is 16.7 Å². The molecule has 0 spiro atoms. The van der Waals surface area contributed by atoms with Gasteiger partial charge in [-0.3, -0.25) is 14.0 Å². The van der Waals surface area contributed by atoms with E-state index in [-0.39, 0.29) is 12.3 Å². The summed E-state index contributed by atoms with van der Waals surface area (Å²) in [6.07, 6.45) is -0.0600. The van der Waals surface area contributed by atoms with Gasteiger partial charge in [0.05, 0.1) is 30.1 Å². The van der Waals surface area contributed by atoms with E-state index in [9.17, 15) is 14.9 Å². The Labute approximate surface area is 161 Å². The average molecular weight is 377 g/mol. The van der Waals surface area contributed by atoms with E-state index in [1.165, 1.54) is 7.11 Å². The van der Waals surface area contributed by atoms with Crippen molar-refractivity contribution < 1.29 is 14.3 Å². The molecule has 1 aliphatic heterocycles. The molecule has 28 heavy (non-hydrogen) atoms. The Hall–Kier alpha value is -3.60. The van der Waals surface area contributed by atoms with Gasteiger partial charge >= 0.3 is 5.97 Å². The molecule has 8 nitrogen and oxygen atoms in total. The zero-order valence-electron chi connectivity index (χ0n) is 15.6. The number of rotatable bonds is 3. The van der Waals surface area contributed by atoms with Gasteiger partial charge in [-0.2, -0.15) is 5.26 Å². The number of para-hydroxylation sites is 2. The highest BCUT2D eigenvalue weighted by Gasteiger charge is 2.34. The van der Waals surface area contributed by atoms with Crippen molar-refractivity contribution in [3.63, 3.8) is 0 Å². The van der Waals surface area contributed by atoms with Gasteiger partial charge in [0.1, 0.15) is 17.9 Å². The highest BCUT2D eigenvalue weighted by atomic mass is 16.5. The van der Waals surface area contributed by atoms with Crippen LogP contribution in [0.15, 0.2) is 30.3 Å². The van der Waals surface area contributed by atoms with Gasteiger partial charge in [-0.15, -0.1) is 0 Å². The molecular weight excluding hydrogens is 358 g/mol. The van der Waals surface area contributed by atoms with Crippen molar-refractivity contribution in [3.05, 3.63) is 41.5 Å². The number of benzene rings is 1. The molecule has 0 aliphatic carbocycles. The number of carbonyl (C=O) groups is 2. The number of esters is 1. The van der Waals surface area contributed by atoms with Crippen LogP contribution >= 0.6 is 0 Å². The van der Waals surface area contributed by atoms with Crippen LogP contribution < -0.4 is 10.2 Å². The average Bonchev–Trinajstić information content (AvgIpc) is 3.08. The van der Waals surface area contributed by atoms with E-state index in [1.54, 1.807) is 0 Å². The first-order valence-corrected chi connectivity index (χ1v) is 8.97. The maximum absolute atomic E-state index is 12.5. The molecule has 1 saturated heterocycles. The maximum Gasteiger partial charge on any atom is 0.308 e. The fraction of sp³-hybridized carbons (Fsp3) is 0.300. The van der Waals surface area contributed by atoms with Gasteiger partial charge in [0.25, 0.3) is 0 Å². The minimum absolute atomic E-state index is 0.0600. The lowest BCUT2D eigenvalue weighted by molar-refractivity contribution is -0.143. The number of imidazole rings is 1. The highest BCUT2D eigenvalue weighted by Crippen LogP contribution is 2.30. The van der Waals surface area contributed by atoms with Crippen LogP contribution in [-0.4, -0.2) is 47.5 Å². The van der Waals surface area contributed by atoms with E-state index in [4.69, 9.17) is 4.74 Å². The first-order valence-electron chi connectivity index (χ1n) is 8.97. The summed E-state index contributed by atoms with van der Waals surface area (Å²) in [5.74, 6) is 0.0457. The van der Waals surface area contributed by atoms with Gasteiger partial charge < -0.3 is 15.0 Å². The van der Waals surface area contributed by atoms with Crippen LogP contribution in [0, 0.1) is 18.3 Å². The predicted molar refractivity (Wildman–Crippen MR) is 103 cm³/mol. The number of aromatic nitrogens is 2. The van der Waals surface area contributed by atoms with Gasteiger partial charge in [-0.25, -0.2) is 4.98 Å². The molecule has 1 aliphatic rings. The fourth-order valence-corrected chi connectivity index (χ4v) is 3.71. The van der Waals surface area contributed by atoms with Crippen molar-refractivity contribution in [2.45, 2.75) is 19.4 Å². The molecule has 4 rings (SSSR count). The number of carbonyl (C=O) groups excluding carboxylic acids is 2. The van der Waals surface area contributed by atoms with Crippen molar-refractivity contribution in [3.8, 4) is 6.07 Å². The number of amides is 1. The van der Waals surface area contributed by atoms with E-state index in [1.807, 2.05) is 46.6 Å². The zero-order valence-corrected chi connectivity index (χ0v) is 15.6. The molecule has 1 fully saturated rings. The van der Waals surface area contributed by atoms with Gasteiger partial charge in [0.15, 0.2) is 5.65 Å². The molecule has 0 radical (unpaired) electrons. The summed E-state index contributed by atoms with van der Waals surface area (Å²) < 4.78 is 6.67. The molecule has 3 aromatic rings. The summed E-state index contributed by atoms with van der Waals surface area (Å²) in [4.78, 5) is 31.0. The normalized spacial score (nSPS) is 16.8. The summed E-state index contributed by atoms with van der Waals surface area (Å²) in [6.45, 7) is 2.84. The topological polar surface area (TPSA) is 99.7 Å². The molecule has 8 heteroatoms. The number of nitrogens with zero attached hydrogens (tertiary/aromatic N) is 4. The Morgan fingerprint density at radius 2 is 2.21 bits per heavy atom. The summed E-state index contributed by atoms with van der Waals surface area (Å²) in [7, 11) is 1.31. The lowest BCUT2D eigenvalue weighted by atomic mass is 10.1. The number of aryl methyl sites for hydroxylation is 1. The molecule has 1 N–H and O–H groups in total. The van der Waals surface area contributed by atoms with Crippen molar-refractivity contribution >= 4 is 34.4 Å². The second-order valence-corrected chi connectivity index (χ2v) is 6.71. The Bertz CT molecular complexity index is 1140. The third-order valence-electron chi connectivity index (χ3n) is 5.08. The number of piperazine rings is 1. The number of nitriles is 1. The summed E-state index contributed by atoms with van der Waals surface area (Å²) in [5, 5.41) is 12.5. The van der Waals surface area contributed by atoms with Crippen molar-refractivity contribution in [1.29, 1.82) is 5.26 Å². The zero-order chi connectivity index (χ0) is 19.8. The minimum atomic E-state index is -0.696. The Balaban J connectivity index is 1.98. The van der Waals surface area contributed by atoms with Crippen LogP contribution in [0.4, 0.5) is 5.82 Å². The number of ether oxygens (including phenoxy) is 1. The number of hydrogen-bond donors (Lipinski definition) is 1. The van der Waals surface area contributed by atoms with Gasteiger partial charge in [0, 0.05) is 13.1 Å². The lowest BCUT2D eigenvalue weighted by Crippen LogP contribution is -2.56. The first kappa shape index (κ1) is 17.8. The van der Waals surface area contributed by atoms with Crippen molar-refractivity contribution in [2.24, 2.45) is 0 Å². The minimum Gasteiger partial charge on any atom is -0.469 e. The predicted octanol–water partition coefficient (Wildman–Crippen LogP) is 1.54. The van der Waals surface area contributed by atoms with Crippen LogP contribution in [0.3, 0.4) is 0 Å². The first-order chi connectivity index (χ1) is 13.5. The van der Waals surface area contributed by atoms with Gasteiger partial charge in [-0.1, -0.05) is 12.1 Å². The molecule has 1 aromatic carbocycles. The summed E-state index contributed by atoms with van der Waals surface area (Å²) >= 11 is 0. The second-order valence-electron chi connectivity index (χ2n) is 6.71. The highest BCUT2D eigenvalue weighted by molar-refractivity contribution is 5.92. The van der Waals surface area contributed by atoms with Crippen LogP contribution in [0.2, 0.25) is 0 Å². The summed E-state index contributed by atoms with van der Waals surface area (Å²) in [6, 6.07) is 11.0. The van der Waals surface area contributed by atoms with Crippen LogP contribution in [0.1, 0.15) is 17.5 Å². The monoisotopic (exact) mass is 377 g/mol. The van der Waals surface area contributed by atoms with Gasteiger partial charge in [-0.05, 0) is 30.7 Å². The fourth-order valence-electron chi connectivity index (χ4n) is 3.71. The molecule has 3 heterocycles.